The van der Waals surface area contributed by atoms with E-state index in [2.05, 4.69) is 5.32 Å². The molecule has 0 spiro atoms. The minimum Gasteiger partial charge on any atom is -0.351 e. The fourth-order valence-electron chi connectivity index (χ4n) is 4.06. The molecule has 32 heavy (non-hydrogen) atoms. The lowest BCUT2D eigenvalue weighted by molar-refractivity contribution is -0.140. The predicted octanol–water partition coefficient (Wildman–Crippen LogP) is 5.77. The summed E-state index contributed by atoms with van der Waals surface area (Å²) in [5.41, 5.74) is 0.926. The van der Waals surface area contributed by atoms with Gasteiger partial charge in [-0.25, -0.2) is 8.78 Å². The third-order valence-electron chi connectivity index (χ3n) is 5.72. The Morgan fingerprint density at radius 2 is 1.62 bits per heavy atom. The van der Waals surface area contributed by atoms with Crippen molar-refractivity contribution in [2.75, 3.05) is 5.88 Å². The van der Waals surface area contributed by atoms with E-state index < -0.39 is 29.5 Å². The molecule has 1 N–H and O–H groups in total. The Balaban J connectivity index is 1.97. The Kier molecular flexibility index (Phi) is 8.88. The van der Waals surface area contributed by atoms with E-state index in [-0.39, 0.29) is 23.5 Å². The van der Waals surface area contributed by atoms with Gasteiger partial charge < -0.3 is 10.2 Å². The van der Waals surface area contributed by atoms with E-state index >= 15 is 0 Å². The summed E-state index contributed by atoms with van der Waals surface area (Å²) < 4.78 is 27.1. The Morgan fingerprint density at radius 1 is 1.00 bits per heavy atom. The van der Waals surface area contributed by atoms with Crippen molar-refractivity contribution >= 4 is 35.0 Å². The fourth-order valence-corrected chi connectivity index (χ4v) is 4.49. The molecule has 1 unspecified atom stereocenters. The second-order valence-electron chi connectivity index (χ2n) is 8.05. The van der Waals surface area contributed by atoms with Gasteiger partial charge in [-0.05, 0) is 42.7 Å². The topological polar surface area (TPSA) is 49.4 Å². The maximum Gasteiger partial charge on any atom is 0.247 e. The zero-order chi connectivity index (χ0) is 23.1. The molecule has 0 bridgehead atoms. The average Bonchev–Trinajstić information content (AvgIpc) is 3.04. The molecule has 4 nitrogen and oxygen atoms in total. The molecule has 1 aliphatic carbocycles. The quantitative estimate of drug-likeness (QED) is 0.402. The molecule has 0 heterocycles. The molecule has 8 heteroatoms. The van der Waals surface area contributed by atoms with Crippen LogP contribution >= 0.6 is 23.2 Å². The summed E-state index contributed by atoms with van der Waals surface area (Å²) in [5, 5.41) is 3.10. The molecule has 0 saturated heterocycles. The standard InChI is InChI=1S/C24H26Cl2F2N2O2/c25-14-22(31)30(15-16-7-9-17(27)10-8-16)23(20-12-11-18(28)13-21(20)26)24(32)29-19-5-3-1-2-4-6-19/h7-13,19,23H,1-6,14-15H2,(H,29,32). The molecular weight excluding hydrogens is 457 g/mol. The van der Waals surface area contributed by atoms with Gasteiger partial charge >= 0.3 is 0 Å². The molecule has 1 atom stereocenters. The zero-order valence-corrected chi connectivity index (χ0v) is 19.1. The molecule has 3 rings (SSSR count). The maximum atomic E-state index is 13.7. The molecule has 0 aromatic heterocycles. The smallest absolute Gasteiger partial charge is 0.247 e. The Hall–Kier alpha value is -2.18. The lowest BCUT2D eigenvalue weighted by Crippen LogP contribution is -2.46. The molecule has 2 amide bonds. The first-order chi connectivity index (χ1) is 15.4. The van der Waals surface area contributed by atoms with Crippen LogP contribution in [0.15, 0.2) is 42.5 Å². The number of benzene rings is 2. The number of rotatable bonds is 7. The highest BCUT2D eigenvalue weighted by Gasteiger charge is 2.34. The summed E-state index contributed by atoms with van der Waals surface area (Å²) in [6.07, 6.45) is 6.01. The lowest BCUT2D eigenvalue weighted by Gasteiger charge is -2.33. The summed E-state index contributed by atoms with van der Waals surface area (Å²) in [6.45, 7) is 0.0162. The highest BCUT2D eigenvalue weighted by atomic mass is 35.5. The van der Waals surface area contributed by atoms with Crippen LogP contribution in [0.25, 0.3) is 0 Å². The van der Waals surface area contributed by atoms with Crippen molar-refractivity contribution in [3.63, 3.8) is 0 Å². The van der Waals surface area contributed by atoms with Gasteiger partial charge in [-0.2, -0.15) is 0 Å². The summed E-state index contributed by atoms with van der Waals surface area (Å²) in [7, 11) is 0. The average molecular weight is 483 g/mol. The van der Waals surface area contributed by atoms with Crippen molar-refractivity contribution in [1.82, 2.24) is 10.2 Å². The molecule has 2 aromatic rings. The lowest BCUT2D eigenvalue weighted by atomic mass is 10.0. The van der Waals surface area contributed by atoms with E-state index in [0.717, 1.165) is 44.6 Å². The van der Waals surface area contributed by atoms with Crippen LogP contribution < -0.4 is 5.32 Å². The second-order valence-corrected chi connectivity index (χ2v) is 8.72. The van der Waals surface area contributed by atoms with Crippen LogP contribution in [-0.4, -0.2) is 28.6 Å². The van der Waals surface area contributed by atoms with Gasteiger partial charge in [0.15, 0.2) is 0 Å². The number of carbonyl (C=O) groups is 2. The van der Waals surface area contributed by atoms with Crippen molar-refractivity contribution in [1.29, 1.82) is 0 Å². The largest absolute Gasteiger partial charge is 0.351 e. The van der Waals surface area contributed by atoms with Gasteiger partial charge in [-0.3, -0.25) is 9.59 Å². The Labute approximate surface area is 196 Å². The van der Waals surface area contributed by atoms with E-state index in [4.69, 9.17) is 23.2 Å². The molecule has 0 aliphatic heterocycles. The van der Waals surface area contributed by atoms with E-state index in [1.54, 1.807) is 0 Å². The van der Waals surface area contributed by atoms with Crippen LogP contribution in [0.4, 0.5) is 8.78 Å². The molecule has 1 aliphatic rings. The third kappa shape index (κ3) is 6.42. The summed E-state index contributed by atoms with van der Waals surface area (Å²) >= 11 is 12.2. The van der Waals surface area contributed by atoms with Crippen LogP contribution in [0.5, 0.6) is 0 Å². The van der Waals surface area contributed by atoms with Gasteiger partial charge in [-0.1, -0.05) is 55.5 Å². The van der Waals surface area contributed by atoms with Gasteiger partial charge in [0.2, 0.25) is 11.8 Å². The number of nitrogens with zero attached hydrogens (tertiary/aromatic N) is 1. The van der Waals surface area contributed by atoms with E-state index in [1.165, 1.54) is 41.3 Å². The number of hydrogen-bond acceptors (Lipinski definition) is 2. The molecular formula is C24H26Cl2F2N2O2. The summed E-state index contributed by atoms with van der Waals surface area (Å²) in [5.74, 6) is -2.19. The number of amides is 2. The van der Waals surface area contributed by atoms with Gasteiger partial charge in [-0.15, -0.1) is 11.6 Å². The van der Waals surface area contributed by atoms with Crippen LogP contribution in [0.3, 0.4) is 0 Å². The maximum absolute atomic E-state index is 13.7. The molecule has 1 fully saturated rings. The normalized spacial score (nSPS) is 15.6. The molecule has 2 aromatic carbocycles. The highest BCUT2D eigenvalue weighted by molar-refractivity contribution is 6.31. The van der Waals surface area contributed by atoms with E-state index in [1.807, 2.05) is 0 Å². The van der Waals surface area contributed by atoms with E-state index in [9.17, 15) is 18.4 Å². The number of hydrogen-bond donors (Lipinski definition) is 1. The van der Waals surface area contributed by atoms with Gasteiger partial charge in [0, 0.05) is 23.2 Å². The van der Waals surface area contributed by atoms with Crippen molar-refractivity contribution in [3.8, 4) is 0 Å². The van der Waals surface area contributed by atoms with Crippen LogP contribution in [-0.2, 0) is 16.1 Å². The second kappa shape index (κ2) is 11.6. The van der Waals surface area contributed by atoms with Crippen LogP contribution in [0.1, 0.15) is 55.7 Å². The minimum atomic E-state index is -1.11. The fraction of sp³-hybridized carbons (Fsp3) is 0.417. The van der Waals surface area contributed by atoms with Crippen molar-refractivity contribution in [2.45, 2.75) is 57.2 Å². The van der Waals surface area contributed by atoms with Crippen molar-refractivity contribution in [2.24, 2.45) is 0 Å². The zero-order valence-electron chi connectivity index (χ0n) is 17.6. The molecule has 1 saturated carbocycles. The number of halogens is 4. The molecule has 0 radical (unpaired) electrons. The van der Waals surface area contributed by atoms with Gasteiger partial charge in [0.1, 0.15) is 23.6 Å². The minimum absolute atomic E-state index is 0.00880. The number of carbonyl (C=O) groups excluding carboxylic acids is 2. The Bertz CT molecular complexity index is 932. The number of alkyl halides is 1. The van der Waals surface area contributed by atoms with Crippen molar-refractivity contribution < 1.29 is 18.4 Å². The number of nitrogens with one attached hydrogen (secondary N) is 1. The molecule has 172 valence electrons. The van der Waals surface area contributed by atoms with Crippen molar-refractivity contribution in [3.05, 3.63) is 70.2 Å². The van der Waals surface area contributed by atoms with Crippen LogP contribution in [0.2, 0.25) is 5.02 Å². The first-order valence-corrected chi connectivity index (χ1v) is 11.7. The van der Waals surface area contributed by atoms with Crippen LogP contribution in [0, 0.1) is 11.6 Å². The summed E-state index contributed by atoms with van der Waals surface area (Å²) in [4.78, 5) is 27.7. The van der Waals surface area contributed by atoms with Gasteiger partial charge in [0.25, 0.3) is 0 Å². The SMILES string of the molecule is O=C(NC1CCCCCC1)C(c1ccc(F)cc1Cl)N(Cc1ccc(F)cc1)C(=O)CCl. The Morgan fingerprint density at radius 3 is 2.22 bits per heavy atom. The summed E-state index contributed by atoms with van der Waals surface area (Å²) in [6, 6.07) is 8.25. The predicted molar refractivity (Wildman–Crippen MR) is 121 cm³/mol. The van der Waals surface area contributed by atoms with E-state index in [0.29, 0.717) is 11.1 Å². The first-order valence-electron chi connectivity index (χ1n) is 10.7. The third-order valence-corrected chi connectivity index (χ3v) is 6.28. The highest BCUT2D eigenvalue weighted by Crippen LogP contribution is 2.31. The van der Waals surface area contributed by atoms with Gasteiger partial charge in [0.05, 0.1) is 0 Å². The first kappa shape index (κ1) is 24.5. The monoisotopic (exact) mass is 482 g/mol.